The Labute approximate surface area is 123 Å². The zero-order chi connectivity index (χ0) is 13.9. The van der Waals surface area contributed by atoms with Crippen molar-refractivity contribution in [1.29, 1.82) is 0 Å². The Hall–Kier alpha value is -1.68. The van der Waals surface area contributed by atoms with Gasteiger partial charge in [-0.15, -0.1) is 0 Å². The molecule has 2 aromatic rings. The Bertz CT molecular complexity index is 591. The van der Waals surface area contributed by atoms with Gasteiger partial charge in [0, 0.05) is 18.4 Å². The number of halogens is 1. The fourth-order valence-electron chi connectivity index (χ4n) is 2.68. The third-order valence-corrected chi connectivity index (χ3v) is 4.04. The Morgan fingerprint density at radius 1 is 1.35 bits per heavy atom. The lowest BCUT2D eigenvalue weighted by atomic mass is 10.2. The van der Waals surface area contributed by atoms with Crippen molar-refractivity contribution in [2.45, 2.75) is 31.7 Å². The quantitative estimate of drug-likeness (QED) is 0.929. The maximum atomic E-state index is 6.19. The van der Waals surface area contributed by atoms with Gasteiger partial charge >= 0.3 is 0 Å². The smallest absolute Gasteiger partial charge is 0.207 e. The van der Waals surface area contributed by atoms with E-state index in [1.807, 2.05) is 29.0 Å². The Morgan fingerprint density at radius 2 is 2.15 bits per heavy atom. The first-order valence-electron chi connectivity index (χ1n) is 6.92. The van der Waals surface area contributed by atoms with Crippen molar-refractivity contribution in [1.82, 2.24) is 9.55 Å². The number of imidazole rings is 1. The molecule has 0 saturated heterocycles. The second-order valence-electron chi connectivity index (χ2n) is 5.07. The highest BCUT2D eigenvalue weighted by molar-refractivity contribution is 6.32. The number of benzene rings is 1. The first-order valence-corrected chi connectivity index (χ1v) is 7.29. The molecule has 0 unspecified atom stereocenters. The minimum Gasteiger partial charge on any atom is -0.495 e. The Kier molecular flexibility index (Phi) is 3.83. The van der Waals surface area contributed by atoms with Crippen LogP contribution in [0.5, 0.6) is 5.75 Å². The summed E-state index contributed by atoms with van der Waals surface area (Å²) in [5.74, 6) is 1.55. The number of aromatic nitrogens is 2. The maximum Gasteiger partial charge on any atom is 0.207 e. The van der Waals surface area contributed by atoms with Gasteiger partial charge in [0.1, 0.15) is 5.75 Å². The summed E-state index contributed by atoms with van der Waals surface area (Å²) in [4.78, 5) is 4.41. The fraction of sp³-hybridized carbons (Fsp3) is 0.400. The maximum absolute atomic E-state index is 6.19. The van der Waals surface area contributed by atoms with Gasteiger partial charge in [-0.25, -0.2) is 4.98 Å². The first kappa shape index (κ1) is 13.3. The van der Waals surface area contributed by atoms with Crippen molar-refractivity contribution in [3.8, 4) is 11.4 Å². The second-order valence-corrected chi connectivity index (χ2v) is 5.47. The fourth-order valence-corrected chi connectivity index (χ4v) is 2.93. The number of hydrogen-bond acceptors (Lipinski definition) is 3. The number of rotatable bonds is 4. The van der Waals surface area contributed by atoms with Crippen LogP contribution >= 0.6 is 11.6 Å². The molecule has 0 spiro atoms. The van der Waals surface area contributed by atoms with Crippen LogP contribution in [0.4, 0.5) is 5.95 Å². The molecule has 1 heterocycles. The van der Waals surface area contributed by atoms with Crippen LogP contribution in [0.1, 0.15) is 25.7 Å². The van der Waals surface area contributed by atoms with E-state index in [2.05, 4.69) is 10.3 Å². The van der Waals surface area contributed by atoms with Gasteiger partial charge in [0.2, 0.25) is 5.95 Å². The van der Waals surface area contributed by atoms with Gasteiger partial charge in [-0.1, -0.05) is 24.4 Å². The lowest BCUT2D eigenvalue weighted by Gasteiger charge is -2.15. The molecule has 1 fully saturated rings. The first-order chi connectivity index (χ1) is 9.78. The van der Waals surface area contributed by atoms with Crippen LogP contribution in [0.3, 0.4) is 0 Å². The summed E-state index contributed by atoms with van der Waals surface area (Å²) >= 11 is 6.19. The summed E-state index contributed by atoms with van der Waals surface area (Å²) in [5.41, 5.74) is 0.980. The summed E-state index contributed by atoms with van der Waals surface area (Å²) in [5, 5.41) is 4.12. The van der Waals surface area contributed by atoms with E-state index < -0.39 is 0 Å². The molecule has 0 radical (unpaired) electrons. The van der Waals surface area contributed by atoms with Crippen LogP contribution in [-0.4, -0.2) is 22.7 Å². The summed E-state index contributed by atoms with van der Waals surface area (Å²) in [6, 6.07) is 6.27. The molecule has 1 aromatic heterocycles. The lowest BCUT2D eigenvalue weighted by Crippen LogP contribution is -2.17. The molecule has 0 aliphatic heterocycles. The lowest BCUT2D eigenvalue weighted by molar-refractivity contribution is 0.415. The summed E-state index contributed by atoms with van der Waals surface area (Å²) in [7, 11) is 1.62. The number of anilines is 1. The van der Waals surface area contributed by atoms with E-state index in [9.17, 15) is 0 Å². The van der Waals surface area contributed by atoms with E-state index in [-0.39, 0.29) is 0 Å². The van der Waals surface area contributed by atoms with Crippen LogP contribution < -0.4 is 10.1 Å². The molecule has 1 aromatic carbocycles. The molecule has 1 N–H and O–H groups in total. The molecule has 1 aliphatic rings. The van der Waals surface area contributed by atoms with E-state index >= 15 is 0 Å². The molecule has 106 valence electrons. The number of hydrogen-bond donors (Lipinski definition) is 1. The Morgan fingerprint density at radius 3 is 2.85 bits per heavy atom. The molecule has 20 heavy (non-hydrogen) atoms. The van der Waals surface area contributed by atoms with Crippen molar-refractivity contribution in [3.05, 3.63) is 35.6 Å². The van der Waals surface area contributed by atoms with Gasteiger partial charge < -0.3 is 10.1 Å². The molecule has 0 amide bonds. The van der Waals surface area contributed by atoms with Crippen molar-refractivity contribution in [2.24, 2.45) is 0 Å². The molecule has 4 nitrogen and oxygen atoms in total. The molecule has 5 heteroatoms. The highest BCUT2D eigenvalue weighted by Crippen LogP contribution is 2.28. The Balaban J connectivity index is 1.86. The third-order valence-electron chi connectivity index (χ3n) is 3.74. The van der Waals surface area contributed by atoms with Gasteiger partial charge in [-0.2, -0.15) is 0 Å². The predicted octanol–water partition coefficient (Wildman–Crippen LogP) is 3.89. The van der Waals surface area contributed by atoms with Gasteiger partial charge in [-0.3, -0.25) is 4.57 Å². The van der Waals surface area contributed by atoms with Crippen LogP contribution in [0.15, 0.2) is 30.6 Å². The standard InChI is InChI=1S/C15H18ClN3O/c1-20-14-7-6-12(10-13(14)16)19-9-8-17-15(19)18-11-4-2-3-5-11/h6-11H,2-5H2,1H3,(H,17,18). The average molecular weight is 292 g/mol. The number of methoxy groups -OCH3 is 1. The molecule has 1 saturated carbocycles. The van der Waals surface area contributed by atoms with Crippen molar-refractivity contribution in [3.63, 3.8) is 0 Å². The molecule has 3 rings (SSSR count). The number of nitrogens with one attached hydrogen (secondary N) is 1. The molecular formula is C15H18ClN3O. The zero-order valence-electron chi connectivity index (χ0n) is 11.5. The van der Waals surface area contributed by atoms with Gasteiger partial charge in [0.05, 0.1) is 17.8 Å². The summed E-state index contributed by atoms with van der Waals surface area (Å²) in [6.45, 7) is 0. The van der Waals surface area contributed by atoms with Crippen molar-refractivity contribution < 1.29 is 4.74 Å². The minimum absolute atomic E-state index is 0.532. The molecular weight excluding hydrogens is 274 g/mol. The SMILES string of the molecule is COc1ccc(-n2ccnc2NC2CCCC2)cc1Cl. The van der Waals surface area contributed by atoms with Crippen LogP contribution in [-0.2, 0) is 0 Å². The van der Waals surface area contributed by atoms with E-state index in [0.29, 0.717) is 16.8 Å². The van der Waals surface area contributed by atoms with Gasteiger partial charge in [0.15, 0.2) is 0 Å². The number of ether oxygens (including phenoxy) is 1. The van der Waals surface area contributed by atoms with E-state index in [1.165, 1.54) is 25.7 Å². The van der Waals surface area contributed by atoms with E-state index in [4.69, 9.17) is 16.3 Å². The zero-order valence-corrected chi connectivity index (χ0v) is 12.2. The topological polar surface area (TPSA) is 39.1 Å². The van der Waals surface area contributed by atoms with Crippen LogP contribution in [0, 0.1) is 0 Å². The van der Waals surface area contributed by atoms with Crippen LogP contribution in [0.25, 0.3) is 5.69 Å². The van der Waals surface area contributed by atoms with E-state index in [1.54, 1.807) is 13.3 Å². The normalized spacial score (nSPS) is 15.5. The number of nitrogens with zero attached hydrogens (tertiary/aromatic N) is 2. The largest absolute Gasteiger partial charge is 0.495 e. The predicted molar refractivity (Wildman–Crippen MR) is 81.0 cm³/mol. The monoisotopic (exact) mass is 291 g/mol. The molecule has 0 bridgehead atoms. The van der Waals surface area contributed by atoms with Gasteiger partial charge in [0.25, 0.3) is 0 Å². The van der Waals surface area contributed by atoms with Gasteiger partial charge in [-0.05, 0) is 31.0 Å². The summed E-state index contributed by atoms with van der Waals surface area (Å²) in [6.07, 6.45) is 8.77. The summed E-state index contributed by atoms with van der Waals surface area (Å²) < 4.78 is 7.20. The molecule has 1 aliphatic carbocycles. The van der Waals surface area contributed by atoms with E-state index in [0.717, 1.165) is 11.6 Å². The second kappa shape index (κ2) is 5.75. The highest BCUT2D eigenvalue weighted by Gasteiger charge is 2.17. The van der Waals surface area contributed by atoms with Crippen LogP contribution in [0.2, 0.25) is 5.02 Å². The highest BCUT2D eigenvalue weighted by atomic mass is 35.5. The average Bonchev–Trinajstić information content (AvgIpc) is 3.11. The minimum atomic E-state index is 0.532. The third kappa shape index (κ3) is 2.61. The molecule has 0 atom stereocenters. The van der Waals surface area contributed by atoms with Crippen molar-refractivity contribution in [2.75, 3.05) is 12.4 Å². The van der Waals surface area contributed by atoms with Crippen molar-refractivity contribution >= 4 is 17.5 Å².